The van der Waals surface area contributed by atoms with Gasteiger partial charge in [-0.25, -0.2) is 4.79 Å². The van der Waals surface area contributed by atoms with Gasteiger partial charge in [-0.15, -0.1) is 11.8 Å². The number of fused-ring (bicyclic) bond motifs is 1. The van der Waals surface area contributed by atoms with Crippen LogP contribution in [0.1, 0.15) is 25.7 Å². The van der Waals surface area contributed by atoms with Crippen LogP contribution in [0.3, 0.4) is 0 Å². The standard InChI is InChI=1S/C17H23N3O2S2/c1-23-12-6-4-5-11(9-12)18-15(21)8-3-2-7-14-16-13(10-24-14)19-17(22)20-16/h4-6,9,13-14,16H,2-3,7-8,10H2,1H3,(H,18,21)(H2,19,20,22)/t13-,14+,16-/m1/s1. The Bertz CT molecular complexity index is 611. The molecule has 0 unspecified atom stereocenters. The van der Waals surface area contributed by atoms with Gasteiger partial charge in [-0.1, -0.05) is 12.5 Å². The fourth-order valence-electron chi connectivity index (χ4n) is 3.20. The summed E-state index contributed by atoms with van der Waals surface area (Å²) in [7, 11) is 0. The zero-order chi connectivity index (χ0) is 16.9. The molecule has 24 heavy (non-hydrogen) atoms. The number of anilines is 1. The van der Waals surface area contributed by atoms with Crippen LogP contribution < -0.4 is 16.0 Å². The molecular weight excluding hydrogens is 342 g/mol. The monoisotopic (exact) mass is 365 g/mol. The molecule has 2 fully saturated rings. The van der Waals surface area contributed by atoms with Crippen molar-refractivity contribution in [2.45, 2.75) is 47.9 Å². The molecule has 2 saturated heterocycles. The van der Waals surface area contributed by atoms with Crippen LogP contribution in [0.4, 0.5) is 10.5 Å². The lowest BCUT2D eigenvalue weighted by Gasteiger charge is -2.16. The predicted molar refractivity (Wildman–Crippen MR) is 101 cm³/mol. The quantitative estimate of drug-likeness (QED) is 0.395. The molecule has 1 aromatic rings. The van der Waals surface area contributed by atoms with E-state index in [0.717, 1.165) is 35.6 Å². The summed E-state index contributed by atoms with van der Waals surface area (Å²) in [5.41, 5.74) is 0.862. The first-order valence-corrected chi connectivity index (χ1v) is 10.6. The van der Waals surface area contributed by atoms with Gasteiger partial charge < -0.3 is 16.0 Å². The highest BCUT2D eigenvalue weighted by Crippen LogP contribution is 2.33. The van der Waals surface area contributed by atoms with Crippen LogP contribution >= 0.6 is 23.5 Å². The number of benzene rings is 1. The number of rotatable bonds is 7. The third-order valence-electron chi connectivity index (χ3n) is 4.43. The maximum absolute atomic E-state index is 12.0. The van der Waals surface area contributed by atoms with E-state index >= 15 is 0 Å². The summed E-state index contributed by atoms with van der Waals surface area (Å²) in [6, 6.07) is 8.39. The van der Waals surface area contributed by atoms with Crippen molar-refractivity contribution in [2.24, 2.45) is 0 Å². The summed E-state index contributed by atoms with van der Waals surface area (Å²) in [6.45, 7) is 0. The average molecular weight is 366 g/mol. The maximum atomic E-state index is 12.0. The molecule has 0 aliphatic carbocycles. The average Bonchev–Trinajstić information content (AvgIpc) is 3.11. The number of urea groups is 1. The number of hydrogen-bond acceptors (Lipinski definition) is 4. The Morgan fingerprint density at radius 1 is 1.38 bits per heavy atom. The Hall–Kier alpha value is -1.34. The van der Waals surface area contributed by atoms with Crippen LogP contribution in [0.25, 0.3) is 0 Å². The molecule has 3 rings (SSSR count). The number of amides is 3. The molecule has 0 saturated carbocycles. The van der Waals surface area contributed by atoms with Gasteiger partial charge >= 0.3 is 6.03 Å². The van der Waals surface area contributed by atoms with E-state index in [2.05, 4.69) is 16.0 Å². The lowest BCUT2D eigenvalue weighted by Crippen LogP contribution is -2.36. The van der Waals surface area contributed by atoms with Crippen molar-refractivity contribution in [1.29, 1.82) is 0 Å². The Labute approximate surface area is 151 Å². The summed E-state index contributed by atoms with van der Waals surface area (Å²) >= 11 is 3.59. The molecule has 7 heteroatoms. The van der Waals surface area contributed by atoms with Crippen LogP contribution in [-0.4, -0.2) is 41.3 Å². The maximum Gasteiger partial charge on any atom is 0.315 e. The van der Waals surface area contributed by atoms with Crippen molar-refractivity contribution in [3.05, 3.63) is 24.3 Å². The normalized spacial score (nSPS) is 25.0. The second kappa shape index (κ2) is 8.16. The van der Waals surface area contributed by atoms with E-state index in [-0.39, 0.29) is 24.0 Å². The van der Waals surface area contributed by atoms with E-state index in [0.29, 0.717) is 11.7 Å². The van der Waals surface area contributed by atoms with Crippen LogP contribution in [0.15, 0.2) is 29.2 Å². The Morgan fingerprint density at radius 2 is 2.25 bits per heavy atom. The van der Waals surface area contributed by atoms with E-state index in [4.69, 9.17) is 0 Å². The number of hydrogen-bond donors (Lipinski definition) is 3. The minimum atomic E-state index is -0.0397. The molecule has 0 radical (unpaired) electrons. The molecule has 5 nitrogen and oxygen atoms in total. The minimum absolute atomic E-state index is 0.0397. The number of carbonyl (C=O) groups excluding carboxylic acids is 2. The van der Waals surface area contributed by atoms with Crippen molar-refractivity contribution in [1.82, 2.24) is 10.6 Å². The summed E-state index contributed by atoms with van der Waals surface area (Å²) < 4.78 is 0. The second-order valence-electron chi connectivity index (χ2n) is 6.15. The lowest BCUT2D eigenvalue weighted by molar-refractivity contribution is -0.116. The van der Waals surface area contributed by atoms with Gasteiger partial charge in [0, 0.05) is 28.0 Å². The van der Waals surface area contributed by atoms with Gasteiger partial charge in [-0.3, -0.25) is 4.79 Å². The molecule has 1 aromatic carbocycles. The van der Waals surface area contributed by atoms with E-state index in [1.807, 2.05) is 42.3 Å². The molecule has 130 valence electrons. The molecule has 2 aliphatic heterocycles. The number of unbranched alkanes of at least 4 members (excludes halogenated alkanes) is 1. The van der Waals surface area contributed by atoms with Gasteiger partial charge in [0.05, 0.1) is 12.1 Å². The van der Waals surface area contributed by atoms with Gasteiger partial charge in [-0.05, 0) is 37.3 Å². The summed E-state index contributed by atoms with van der Waals surface area (Å²) in [4.78, 5) is 24.5. The Morgan fingerprint density at radius 3 is 3.08 bits per heavy atom. The van der Waals surface area contributed by atoms with Gasteiger partial charge in [0.1, 0.15) is 0 Å². The zero-order valence-corrected chi connectivity index (χ0v) is 15.3. The number of carbonyl (C=O) groups is 2. The minimum Gasteiger partial charge on any atom is -0.332 e. The Balaban J connectivity index is 1.36. The fourth-order valence-corrected chi connectivity index (χ4v) is 5.20. The molecule has 2 aliphatic rings. The first kappa shape index (κ1) is 17.5. The van der Waals surface area contributed by atoms with Crippen molar-refractivity contribution in [3.63, 3.8) is 0 Å². The van der Waals surface area contributed by atoms with Gasteiger partial charge in [0.15, 0.2) is 0 Å². The van der Waals surface area contributed by atoms with E-state index < -0.39 is 0 Å². The zero-order valence-electron chi connectivity index (χ0n) is 13.7. The molecule has 2 heterocycles. The highest BCUT2D eigenvalue weighted by atomic mass is 32.2. The lowest BCUT2D eigenvalue weighted by atomic mass is 10.0. The fraction of sp³-hybridized carbons (Fsp3) is 0.529. The molecule has 0 aromatic heterocycles. The predicted octanol–water partition coefficient (Wildman–Crippen LogP) is 3.07. The van der Waals surface area contributed by atoms with Crippen molar-refractivity contribution >= 4 is 41.1 Å². The van der Waals surface area contributed by atoms with Crippen molar-refractivity contribution < 1.29 is 9.59 Å². The third kappa shape index (κ3) is 4.39. The number of nitrogens with one attached hydrogen (secondary N) is 3. The molecule has 0 bridgehead atoms. The first-order chi connectivity index (χ1) is 11.7. The van der Waals surface area contributed by atoms with E-state index in [9.17, 15) is 9.59 Å². The Kier molecular flexibility index (Phi) is 5.94. The van der Waals surface area contributed by atoms with Gasteiger partial charge in [0.2, 0.25) is 5.91 Å². The summed E-state index contributed by atoms with van der Waals surface area (Å²) in [5, 5.41) is 9.39. The molecule has 3 atom stereocenters. The second-order valence-corrected chi connectivity index (χ2v) is 8.30. The van der Waals surface area contributed by atoms with Crippen molar-refractivity contribution in [3.8, 4) is 0 Å². The largest absolute Gasteiger partial charge is 0.332 e. The topological polar surface area (TPSA) is 70.2 Å². The van der Waals surface area contributed by atoms with Crippen molar-refractivity contribution in [2.75, 3.05) is 17.3 Å². The molecule has 0 spiro atoms. The molecular formula is C17H23N3O2S2. The SMILES string of the molecule is CSc1cccc(NC(=O)CCCC[C@@H]2SC[C@H]3NC(=O)N[C@@H]23)c1. The highest BCUT2D eigenvalue weighted by Gasteiger charge is 2.42. The van der Waals surface area contributed by atoms with Crippen LogP contribution in [0.2, 0.25) is 0 Å². The summed E-state index contributed by atoms with van der Waals surface area (Å²) in [5.74, 6) is 1.06. The third-order valence-corrected chi connectivity index (χ3v) is 6.67. The van der Waals surface area contributed by atoms with Gasteiger partial charge in [0.25, 0.3) is 0 Å². The smallest absolute Gasteiger partial charge is 0.315 e. The summed E-state index contributed by atoms with van der Waals surface area (Å²) in [6.07, 6.45) is 5.50. The van der Waals surface area contributed by atoms with Crippen LogP contribution in [0, 0.1) is 0 Å². The van der Waals surface area contributed by atoms with Gasteiger partial charge in [-0.2, -0.15) is 11.8 Å². The molecule has 3 amide bonds. The van der Waals surface area contributed by atoms with Crippen LogP contribution in [0.5, 0.6) is 0 Å². The molecule has 3 N–H and O–H groups in total. The number of thioether (sulfide) groups is 2. The van der Waals surface area contributed by atoms with Crippen LogP contribution in [-0.2, 0) is 4.79 Å². The first-order valence-electron chi connectivity index (χ1n) is 8.28. The van der Waals surface area contributed by atoms with E-state index in [1.54, 1.807) is 11.8 Å². The van der Waals surface area contributed by atoms with E-state index in [1.165, 1.54) is 0 Å². The highest BCUT2D eigenvalue weighted by molar-refractivity contribution is 8.00.